The predicted molar refractivity (Wildman–Crippen MR) is 83.0 cm³/mol. The highest BCUT2D eigenvalue weighted by Crippen LogP contribution is 2.55. The van der Waals surface area contributed by atoms with E-state index in [0.717, 1.165) is 19.3 Å². The summed E-state index contributed by atoms with van der Waals surface area (Å²) in [6, 6.07) is 0. The van der Waals surface area contributed by atoms with Gasteiger partial charge in [0.15, 0.2) is 0 Å². The summed E-state index contributed by atoms with van der Waals surface area (Å²) in [4.78, 5) is 23.6. The number of carbonyl (C=O) groups is 1. The van der Waals surface area contributed by atoms with E-state index in [-0.39, 0.29) is 28.5 Å². The van der Waals surface area contributed by atoms with Crippen molar-refractivity contribution in [3.63, 3.8) is 0 Å². The van der Waals surface area contributed by atoms with Gasteiger partial charge < -0.3 is 5.32 Å². The van der Waals surface area contributed by atoms with Crippen LogP contribution in [0.15, 0.2) is 0 Å². The van der Waals surface area contributed by atoms with Crippen molar-refractivity contribution in [1.82, 2.24) is 15.1 Å². The number of nitro groups is 1. The quantitative estimate of drug-likeness (QED) is 0.684. The van der Waals surface area contributed by atoms with Gasteiger partial charge in [0.25, 0.3) is 5.91 Å². The van der Waals surface area contributed by atoms with Crippen molar-refractivity contribution in [2.24, 2.45) is 24.8 Å². The lowest BCUT2D eigenvalue weighted by molar-refractivity contribution is -0.385. The Bertz CT molecular complexity index is 658. The van der Waals surface area contributed by atoms with E-state index < -0.39 is 4.92 Å². The van der Waals surface area contributed by atoms with Crippen LogP contribution in [0.5, 0.6) is 0 Å². The summed E-state index contributed by atoms with van der Waals surface area (Å²) >= 11 is 0. The Morgan fingerprint density at radius 3 is 2.26 bits per heavy atom. The Morgan fingerprint density at radius 1 is 1.26 bits per heavy atom. The average molecular weight is 318 g/mol. The van der Waals surface area contributed by atoms with Gasteiger partial charge in [0.2, 0.25) is 5.69 Å². The summed E-state index contributed by atoms with van der Waals surface area (Å²) < 4.78 is 1.34. The normalized spacial score (nSPS) is 34.6. The molecule has 1 N–H and O–H groups in total. The minimum Gasteiger partial charge on any atom is -0.345 e. The lowest BCUT2D eigenvalue weighted by atomic mass is 9.53. The van der Waals surface area contributed by atoms with Crippen molar-refractivity contribution in [2.75, 3.05) is 0 Å². The van der Waals surface area contributed by atoms with Crippen molar-refractivity contribution in [2.45, 2.75) is 51.0 Å². The van der Waals surface area contributed by atoms with E-state index >= 15 is 0 Å². The monoisotopic (exact) mass is 318 g/mol. The second kappa shape index (κ2) is 4.79. The van der Waals surface area contributed by atoms with E-state index in [2.05, 4.69) is 10.4 Å². The zero-order valence-corrected chi connectivity index (χ0v) is 13.5. The molecular weight excluding hydrogens is 296 g/mol. The third-order valence-corrected chi connectivity index (χ3v) is 6.01. The fourth-order valence-corrected chi connectivity index (χ4v) is 5.68. The van der Waals surface area contributed by atoms with E-state index in [1.165, 1.54) is 23.9 Å². The zero-order chi connectivity index (χ0) is 16.4. The number of hydrogen-bond acceptors (Lipinski definition) is 4. The first-order valence-electron chi connectivity index (χ1n) is 8.37. The number of rotatable bonds is 3. The van der Waals surface area contributed by atoms with Gasteiger partial charge in [0.05, 0.1) is 4.92 Å². The van der Waals surface area contributed by atoms with Crippen LogP contribution >= 0.6 is 0 Å². The summed E-state index contributed by atoms with van der Waals surface area (Å²) in [6.07, 6.45) is 6.94. The molecule has 0 aromatic carbocycles. The summed E-state index contributed by atoms with van der Waals surface area (Å²) in [5.41, 5.74) is 0.0314. The first-order chi connectivity index (χ1) is 10.9. The van der Waals surface area contributed by atoms with Crippen LogP contribution in [0.25, 0.3) is 0 Å². The molecule has 124 valence electrons. The standard InChI is InChI=1S/C16H22N4O3/c1-9-13(20(22)23)14(19(2)18-9)15(21)17-16-6-10-3-11(7-16)5-12(4-10)8-16/h10-12H,3-8H2,1-2H3,(H,17,21). The second-order valence-electron chi connectivity index (χ2n) is 7.82. The number of aromatic nitrogens is 2. The largest absolute Gasteiger partial charge is 0.345 e. The third kappa shape index (κ3) is 2.24. The SMILES string of the molecule is Cc1nn(C)c(C(=O)NC23CC4CC(CC(C4)C2)C3)c1[N+](=O)[O-]. The minimum atomic E-state index is -0.503. The van der Waals surface area contributed by atoms with Gasteiger partial charge in [-0.15, -0.1) is 0 Å². The number of carbonyl (C=O) groups excluding carboxylic acids is 1. The van der Waals surface area contributed by atoms with Gasteiger partial charge in [0, 0.05) is 12.6 Å². The molecule has 1 amide bonds. The highest BCUT2D eigenvalue weighted by atomic mass is 16.6. The number of nitrogens with zero attached hydrogens (tertiary/aromatic N) is 3. The van der Waals surface area contributed by atoms with Crippen LogP contribution in [-0.4, -0.2) is 26.1 Å². The Balaban J connectivity index is 1.63. The summed E-state index contributed by atoms with van der Waals surface area (Å²) in [7, 11) is 1.59. The summed E-state index contributed by atoms with van der Waals surface area (Å²) in [5.74, 6) is 1.79. The molecule has 4 aliphatic carbocycles. The van der Waals surface area contributed by atoms with Gasteiger partial charge in [-0.05, 0) is 63.2 Å². The number of aryl methyl sites for hydroxylation is 2. The molecule has 1 aromatic heterocycles. The molecule has 0 atom stereocenters. The van der Waals surface area contributed by atoms with Crippen LogP contribution in [0, 0.1) is 34.8 Å². The number of hydrogen-bond donors (Lipinski definition) is 1. The molecule has 0 spiro atoms. The van der Waals surface area contributed by atoms with Crippen molar-refractivity contribution < 1.29 is 9.72 Å². The molecule has 0 saturated heterocycles. The molecule has 23 heavy (non-hydrogen) atoms. The first kappa shape index (κ1) is 14.7. The Labute approximate surface area is 134 Å². The molecule has 7 heteroatoms. The van der Waals surface area contributed by atoms with Gasteiger partial charge in [-0.25, -0.2) is 0 Å². The van der Waals surface area contributed by atoms with E-state index in [1.807, 2.05) is 0 Å². The maximum atomic E-state index is 12.8. The maximum absolute atomic E-state index is 12.8. The molecule has 0 radical (unpaired) electrons. The molecule has 4 bridgehead atoms. The molecule has 5 rings (SSSR count). The average Bonchev–Trinajstić information content (AvgIpc) is 2.71. The van der Waals surface area contributed by atoms with E-state index in [9.17, 15) is 14.9 Å². The first-order valence-corrected chi connectivity index (χ1v) is 8.37. The molecule has 7 nitrogen and oxygen atoms in total. The summed E-state index contributed by atoms with van der Waals surface area (Å²) in [6.45, 7) is 1.57. The van der Waals surface area contributed by atoms with Gasteiger partial charge in [-0.2, -0.15) is 5.10 Å². The Hall–Kier alpha value is -1.92. The van der Waals surface area contributed by atoms with E-state index in [4.69, 9.17) is 0 Å². The van der Waals surface area contributed by atoms with Crippen LogP contribution in [0.3, 0.4) is 0 Å². The van der Waals surface area contributed by atoms with Crippen LogP contribution < -0.4 is 5.32 Å². The minimum absolute atomic E-state index is 0.0724. The van der Waals surface area contributed by atoms with Gasteiger partial charge >= 0.3 is 5.69 Å². The molecule has 0 unspecified atom stereocenters. The van der Waals surface area contributed by atoms with E-state index in [1.54, 1.807) is 14.0 Å². The molecule has 4 fully saturated rings. The molecule has 1 aromatic rings. The predicted octanol–water partition coefficient (Wildman–Crippen LogP) is 2.34. The molecule has 4 saturated carbocycles. The van der Waals surface area contributed by atoms with Gasteiger partial charge in [-0.3, -0.25) is 19.6 Å². The van der Waals surface area contributed by atoms with Crippen molar-refractivity contribution in [1.29, 1.82) is 0 Å². The fraction of sp³-hybridized carbons (Fsp3) is 0.750. The number of nitrogens with one attached hydrogen (secondary N) is 1. The van der Waals surface area contributed by atoms with Gasteiger partial charge in [-0.1, -0.05) is 0 Å². The van der Waals surface area contributed by atoms with Crippen LogP contribution in [0.1, 0.15) is 54.7 Å². The lowest BCUT2D eigenvalue weighted by Crippen LogP contribution is -2.60. The van der Waals surface area contributed by atoms with Crippen molar-refractivity contribution >= 4 is 11.6 Å². The smallest absolute Gasteiger partial charge is 0.322 e. The highest BCUT2D eigenvalue weighted by molar-refractivity contribution is 5.97. The maximum Gasteiger partial charge on any atom is 0.322 e. The van der Waals surface area contributed by atoms with Crippen molar-refractivity contribution in [3.05, 3.63) is 21.5 Å². The second-order valence-corrected chi connectivity index (χ2v) is 7.82. The topological polar surface area (TPSA) is 90.1 Å². The Kier molecular flexibility index (Phi) is 3.05. The lowest BCUT2D eigenvalue weighted by Gasteiger charge is -2.56. The molecular formula is C16H22N4O3. The molecule has 1 heterocycles. The summed E-state index contributed by atoms with van der Waals surface area (Å²) in [5, 5.41) is 18.5. The Morgan fingerprint density at radius 2 is 1.78 bits per heavy atom. The highest BCUT2D eigenvalue weighted by Gasteiger charge is 2.52. The fourth-order valence-electron chi connectivity index (χ4n) is 5.68. The third-order valence-electron chi connectivity index (χ3n) is 6.01. The number of amides is 1. The molecule has 0 aliphatic heterocycles. The van der Waals surface area contributed by atoms with E-state index in [0.29, 0.717) is 17.8 Å². The zero-order valence-electron chi connectivity index (χ0n) is 13.5. The molecule has 4 aliphatic rings. The van der Waals surface area contributed by atoms with Crippen LogP contribution in [0.4, 0.5) is 5.69 Å². The van der Waals surface area contributed by atoms with Gasteiger partial charge in [0.1, 0.15) is 5.69 Å². The van der Waals surface area contributed by atoms with Crippen LogP contribution in [0.2, 0.25) is 0 Å². The van der Waals surface area contributed by atoms with Crippen molar-refractivity contribution in [3.8, 4) is 0 Å². The van der Waals surface area contributed by atoms with Crippen LogP contribution in [-0.2, 0) is 7.05 Å².